The van der Waals surface area contributed by atoms with Crippen molar-refractivity contribution in [1.29, 1.82) is 0 Å². The van der Waals surface area contributed by atoms with E-state index in [9.17, 15) is 4.21 Å². The van der Waals surface area contributed by atoms with Crippen molar-refractivity contribution < 1.29 is 4.21 Å². The lowest BCUT2D eigenvalue weighted by Crippen LogP contribution is -2.11. The highest BCUT2D eigenvalue weighted by atomic mass is 32.2. The Bertz CT molecular complexity index is 556. The third kappa shape index (κ3) is 2.79. The zero-order valence-electron chi connectivity index (χ0n) is 9.93. The molecule has 0 bridgehead atoms. The van der Waals surface area contributed by atoms with E-state index in [1.807, 2.05) is 31.2 Å². The maximum atomic E-state index is 11.0. The second-order valence-corrected chi connectivity index (χ2v) is 5.44. The van der Waals surface area contributed by atoms with Gasteiger partial charge in [-0.25, -0.2) is 0 Å². The number of nitrogens with one attached hydrogen (secondary N) is 1. The molecule has 0 aliphatic rings. The van der Waals surface area contributed by atoms with E-state index in [0.29, 0.717) is 12.3 Å². The fourth-order valence-electron chi connectivity index (χ4n) is 1.68. The highest BCUT2D eigenvalue weighted by Gasteiger charge is 2.05. The number of fused-ring (bicyclic) bond motifs is 1. The van der Waals surface area contributed by atoms with Crippen molar-refractivity contribution in [2.45, 2.75) is 6.92 Å². The quantitative estimate of drug-likeness (QED) is 0.896. The van der Waals surface area contributed by atoms with Crippen LogP contribution in [0.25, 0.3) is 10.8 Å². The Morgan fingerprint density at radius 2 is 1.94 bits per heavy atom. The minimum Gasteiger partial charge on any atom is -0.367 e. The monoisotopic (exact) mass is 249 g/mol. The van der Waals surface area contributed by atoms with Crippen LogP contribution in [0.1, 0.15) is 5.69 Å². The van der Waals surface area contributed by atoms with Crippen LogP contribution in [0.5, 0.6) is 0 Å². The lowest BCUT2D eigenvalue weighted by Gasteiger charge is -2.08. The van der Waals surface area contributed by atoms with Crippen LogP contribution in [0.4, 0.5) is 5.82 Å². The zero-order chi connectivity index (χ0) is 12.3. The SMILES string of the molecule is Cc1nnc(NCCS(C)=O)c2ccccc12. The summed E-state index contributed by atoms with van der Waals surface area (Å²) < 4.78 is 11.0. The van der Waals surface area contributed by atoms with E-state index in [-0.39, 0.29) is 0 Å². The van der Waals surface area contributed by atoms with Gasteiger partial charge in [-0.15, -0.1) is 5.10 Å². The van der Waals surface area contributed by atoms with Gasteiger partial charge in [0.05, 0.1) is 5.69 Å². The third-order valence-electron chi connectivity index (χ3n) is 2.55. The van der Waals surface area contributed by atoms with Gasteiger partial charge in [0.25, 0.3) is 0 Å². The van der Waals surface area contributed by atoms with Crippen molar-refractivity contribution in [1.82, 2.24) is 10.2 Å². The molecule has 0 radical (unpaired) electrons. The van der Waals surface area contributed by atoms with Gasteiger partial charge in [-0.05, 0) is 6.92 Å². The van der Waals surface area contributed by atoms with Gasteiger partial charge in [0.1, 0.15) is 0 Å². The first-order valence-corrected chi connectivity index (χ1v) is 7.17. The van der Waals surface area contributed by atoms with Crippen LogP contribution in [0.3, 0.4) is 0 Å². The minimum absolute atomic E-state index is 0.615. The second-order valence-electron chi connectivity index (χ2n) is 3.88. The van der Waals surface area contributed by atoms with E-state index in [4.69, 9.17) is 0 Å². The smallest absolute Gasteiger partial charge is 0.156 e. The van der Waals surface area contributed by atoms with Crippen molar-refractivity contribution >= 4 is 27.4 Å². The number of hydrogen-bond donors (Lipinski definition) is 1. The van der Waals surface area contributed by atoms with Crippen LogP contribution in [0.15, 0.2) is 24.3 Å². The maximum absolute atomic E-state index is 11.0. The molecule has 4 nitrogen and oxygen atoms in total. The van der Waals surface area contributed by atoms with Crippen LogP contribution < -0.4 is 5.32 Å². The molecule has 0 aliphatic carbocycles. The summed E-state index contributed by atoms with van der Waals surface area (Å²) in [6.45, 7) is 2.59. The van der Waals surface area contributed by atoms with Gasteiger partial charge >= 0.3 is 0 Å². The molecule has 1 aromatic heterocycles. The van der Waals surface area contributed by atoms with E-state index in [2.05, 4.69) is 15.5 Å². The van der Waals surface area contributed by atoms with E-state index >= 15 is 0 Å². The predicted octanol–water partition coefficient (Wildman–Crippen LogP) is 1.73. The Morgan fingerprint density at radius 1 is 1.24 bits per heavy atom. The first-order valence-electron chi connectivity index (χ1n) is 5.44. The normalized spacial score (nSPS) is 12.6. The maximum Gasteiger partial charge on any atom is 0.156 e. The summed E-state index contributed by atoms with van der Waals surface area (Å²) in [5, 5.41) is 13.6. The highest BCUT2D eigenvalue weighted by Crippen LogP contribution is 2.21. The van der Waals surface area contributed by atoms with Gasteiger partial charge in [-0.2, -0.15) is 5.10 Å². The zero-order valence-corrected chi connectivity index (χ0v) is 10.8. The van der Waals surface area contributed by atoms with Gasteiger partial charge in [0, 0.05) is 40.1 Å². The van der Waals surface area contributed by atoms with Gasteiger partial charge in [0.15, 0.2) is 5.82 Å². The molecule has 2 aromatic rings. The average Bonchev–Trinajstić information content (AvgIpc) is 2.32. The van der Waals surface area contributed by atoms with Gasteiger partial charge in [0.2, 0.25) is 0 Å². The van der Waals surface area contributed by atoms with E-state index in [0.717, 1.165) is 22.3 Å². The summed E-state index contributed by atoms with van der Waals surface area (Å²) in [6, 6.07) is 8.01. The van der Waals surface area contributed by atoms with Gasteiger partial charge in [-0.3, -0.25) is 4.21 Å². The minimum atomic E-state index is -0.788. The summed E-state index contributed by atoms with van der Waals surface area (Å²) in [5.74, 6) is 1.38. The van der Waals surface area contributed by atoms with Crippen LogP contribution in [0, 0.1) is 6.92 Å². The summed E-state index contributed by atoms with van der Waals surface area (Å²) in [7, 11) is -0.788. The molecule has 0 saturated carbocycles. The topological polar surface area (TPSA) is 54.9 Å². The number of nitrogens with zero attached hydrogens (tertiary/aromatic N) is 2. The van der Waals surface area contributed by atoms with E-state index < -0.39 is 10.8 Å². The lowest BCUT2D eigenvalue weighted by atomic mass is 10.1. The average molecular weight is 249 g/mol. The Labute approximate surface area is 103 Å². The third-order valence-corrected chi connectivity index (χ3v) is 3.33. The molecule has 90 valence electrons. The van der Waals surface area contributed by atoms with Crippen LogP contribution in [-0.2, 0) is 10.8 Å². The van der Waals surface area contributed by atoms with Crippen LogP contribution >= 0.6 is 0 Å². The molecule has 1 N–H and O–H groups in total. The number of rotatable bonds is 4. The number of anilines is 1. The molecule has 0 aliphatic heterocycles. The van der Waals surface area contributed by atoms with Gasteiger partial charge < -0.3 is 5.32 Å². The highest BCUT2D eigenvalue weighted by molar-refractivity contribution is 7.84. The predicted molar refractivity (Wildman–Crippen MR) is 71.7 cm³/mol. The van der Waals surface area contributed by atoms with Crippen molar-refractivity contribution in [3.05, 3.63) is 30.0 Å². The fraction of sp³-hybridized carbons (Fsp3) is 0.333. The summed E-state index contributed by atoms with van der Waals surface area (Å²) in [4.78, 5) is 0. The molecule has 0 amide bonds. The first-order chi connectivity index (χ1) is 8.18. The molecule has 0 fully saturated rings. The summed E-state index contributed by atoms with van der Waals surface area (Å²) in [5.41, 5.74) is 0.921. The van der Waals surface area contributed by atoms with E-state index in [1.165, 1.54) is 0 Å². The molecule has 0 saturated heterocycles. The van der Waals surface area contributed by atoms with Crippen molar-refractivity contribution in [3.63, 3.8) is 0 Å². The standard InChI is InChI=1S/C12H15N3OS/c1-9-10-5-3-4-6-11(10)12(15-14-9)13-7-8-17(2)16/h3-6H,7-8H2,1-2H3,(H,13,15). The van der Waals surface area contributed by atoms with Crippen molar-refractivity contribution in [2.24, 2.45) is 0 Å². The summed E-state index contributed by atoms with van der Waals surface area (Å²) in [6.07, 6.45) is 1.70. The molecule has 17 heavy (non-hydrogen) atoms. The molecule has 1 aromatic carbocycles. The largest absolute Gasteiger partial charge is 0.367 e. The van der Waals surface area contributed by atoms with Crippen molar-refractivity contribution in [3.8, 4) is 0 Å². The summed E-state index contributed by atoms with van der Waals surface area (Å²) >= 11 is 0. The molecule has 5 heteroatoms. The second kappa shape index (κ2) is 5.23. The Balaban J connectivity index is 2.28. The Morgan fingerprint density at radius 3 is 2.65 bits per heavy atom. The van der Waals surface area contributed by atoms with Gasteiger partial charge in [-0.1, -0.05) is 24.3 Å². The number of benzene rings is 1. The lowest BCUT2D eigenvalue weighted by molar-refractivity contribution is 0.687. The molecule has 0 spiro atoms. The van der Waals surface area contributed by atoms with E-state index in [1.54, 1.807) is 6.26 Å². The van der Waals surface area contributed by atoms with Crippen LogP contribution in [-0.4, -0.2) is 33.0 Å². The fourth-order valence-corrected chi connectivity index (χ4v) is 2.07. The number of aryl methyl sites for hydroxylation is 1. The molecule has 1 atom stereocenters. The molecular formula is C12H15N3OS. The van der Waals surface area contributed by atoms with Crippen LogP contribution in [0.2, 0.25) is 0 Å². The first kappa shape index (κ1) is 12.0. The number of aromatic nitrogens is 2. The molecule has 1 unspecified atom stereocenters. The Kier molecular flexibility index (Phi) is 3.68. The number of hydrogen-bond acceptors (Lipinski definition) is 4. The molecular weight excluding hydrogens is 234 g/mol. The molecule has 2 rings (SSSR count). The molecule has 1 heterocycles. The Hall–Kier alpha value is -1.49. The van der Waals surface area contributed by atoms with Crippen molar-refractivity contribution in [2.75, 3.05) is 23.9 Å².